The number of carbonyl (C=O) groups is 2. The molecule has 4 aromatic rings. The van der Waals surface area contributed by atoms with Crippen LogP contribution in [0.4, 0.5) is 0 Å². The third-order valence-electron chi connectivity index (χ3n) is 5.20. The predicted molar refractivity (Wildman–Crippen MR) is 138 cm³/mol. The molecular weight excluding hydrogens is 456 g/mol. The van der Waals surface area contributed by atoms with Crippen LogP contribution < -0.4 is 4.74 Å². The molecule has 6 nitrogen and oxygen atoms in total. The third kappa shape index (κ3) is 8.33. The number of carbonyl (C=O) groups excluding carboxylic acids is 1. The van der Waals surface area contributed by atoms with Gasteiger partial charge in [0.05, 0.1) is 13.2 Å². The highest BCUT2D eigenvalue weighted by atomic mass is 16.5. The van der Waals surface area contributed by atoms with Gasteiger partial charge < -0.3 is 19.7 Å². The first-order chi connectivity index (χ1) is 17.5. The fourth-order valence-corrected chi connectivity index (χ4v) is 3.32. The zero-order valence-electron chi connectivity index (χ0n) is 19.7. The van der Waals surface area contributed by atoms with Gasteiger partial charge in [-0.3, -0.25) is 0 Å². The van der Waals surface area contributed by atoms with E-state index in [2.05, 4.69) is 0 Å². The molecule has 184 valence electrons. The van der Waals surface area contributed by atoms with Gasteiger partial charge in [0.25, 0.3) is 0 Å². The molecule has 0 bridgehead atoms. The van der Waals surface area contributed by atoms with E-state index in [1.807, 2.05) is 60.7 Å². The van der Waals surface area contributed by atoms with E-state index in [0.717, 1.165) is 12.0 Å². The minimum absolute atomic E-state index is 0.0535. The number of aromatic carboxylic acids is 1. The summed E-state index contributed by atoms with van der Waals surface area (Å²) in [6, 6.07) is 32.8. The average Bonchev–Trinajstić information content (AvgIpc) is 2.91. The maximum Gasteiger partial charge on any atom is 0.341 e. The minimum Gasteiger partial charge on any atom is -0.507 e. The number of phenolic OH excluding ortho intramolecular Hbond substituents is 1. The largest absolute Gasteiger partial charge is 0.507 e. The zero-order chi connectivity index (χ0) is 25.6. The number of phenols is 1. The number of ether oxygens (including phenoxy) is 2. The van der Waals surface area contributed by atoms with Crippen molar-refractivity contribution in [3.05, 3.63) is 131 Å². The highest BCUT2D eigenvalue weighted by Crippen LogP contribution is 2.18. The average molecular weight is 485 g/mol. The summed E-state index contributed by atoms with van der Waals surface area (Å²) in [5, 5.41) is 18.5. The molecule has 0 atom stereocenters. The Morgan fingerprint density at radius 1 is 0.611 bits per heavy atom. The first kappa shape index (κ1) is 26.0. The standard InChI is InChI=1S/2C15H14O3/c16-15(17)13-8-4-5-9-14(13)18-11-10-12-6-2-1-3-7-12;16-14-9-5-4-8-13(14)15(17)18-11-10-12-6-2-1-3-7-12/h1-9H,10-11H2,(H,16,17);1-9,16H,10-11H2. The van der Waals surface area contributed by atoms with Crippen molar-refractivity contribution in [2.24, 2.45) is 0 Å². The van der Waals surface area contributed by atoms with E-state index in [0.29, 0.717) is 25.4 Å². The van der Waals surface area contributed by atoms with Gasteiger partial charge in [-0.25, -0.2) is 9.59 Å². The van der Waals surface area contributed by atoms with Crippen LogP contribution in [0.2, 0.25) is 0 Å². The molecule has 0 saturated carbocycles. The fraction of sp³-hybridized carbons (Fsp3) is 0.133. The SMILES string of the molecule is O=C(O)c1ccccc1OCCc1ccccc1.O=C(OCCc1ccccc1)c1ccccc1O. The van der Waals surface area contributed by atoms with Crippen LogP contribution in [0.1, 0.15) is 31.8 Å². The van der Waals surface area contributed by atoms with E-state index in [-0.39, 0.29) is 16.9 Å². The summed E-state index contributed by atoms with van der Waals surface area (Å²) < 4.78 is 10.6. The topological polar surface area (TPSA) is 93.1 Å². The van der Waals surface area contributed by atoms with Crippen LogP contribution in [-0.4, -0.2) is 35.4 Å². The molecule has 0 aromatic heterocycles. The molecule has 4 rings (SSSR count). The van der Waals surface area contributed by atoms with Crippen molar-refractivity contribution in [1.29, 1.82) is 0 Å². The second-order valence-corrected chi connectivity index (χ2v) is 7.77. The first-order valence-corrected chi connectivity index (χ1v) is 11.5. The maximum absolute atomic E-state index is 11.7. The summed E-state index contributed by atoms with van der Waals surface area (Å²) in [7, 11) is 0. The monoisotopic (exact) mass is 484 g/mol. The van der Waals surface area contributed by atoms with Crippen molar-refractivity contribution in [2.45, 2.75) is 12.8 Å². The highest BCUT2D eigenvalue weighted by molar-refractivity contribution is 5.92. The summed E-state index contributed by atoms with van der Waals surface area (Å²) in [5.41, 5.74) is 2.68. The van der Waals surface area contributed by atoms with Crippen LogP contribution in [0.15, 0.2) is 109 Å². The number of hydrogen-bond acceptors (Lipinski definition) is 5. The predicted octanol–water partition coefficient (Wildman–Crippen LogP) is 5.80. The van der Waals surface area contributed by atoms with Crippen molar-refractivity contribution in [3.8, 4) is 11.5 Å². The van der Waals surface area contributed by atoms with Gasteiger partial charge in [0.2, 0.25) is 0 Å². The number of para-hydroxylation sites is 2. The Bertz CT molecular complexity index is 1240. The molecule has 0 saturated heterocycles. The van der Waals surface area contributed by atoms with E-state index in [4.69, 9.17) is 14.6 Å². The lowest BCUT2D eigenvalue weighted by Crippen LogP contribution is -2.08. The lowest BCUT2D eigenvalue weighted by atomic mass is 10.1. The number of carboxylic acids is 1. The van der Waals surface area contributed by atoms with Crippen LogP contribution in [0, 0.1) is 0 Å². The minimum atomic E-state index is -0.967. The Labute approximate surface area is 210 Å². The zero-order valence-corrected chi connectivity index (χ0v) is 19.7. The smallest absolute Gasteiger partial charge is 0.341 e. The number of esters is 1. The van der Waals surface area contributed by atoms with Crippen LogP contribution in [0.3, 0.4) is 0 Å². The van der Waals surface area contributed by atoms with Crippen LogP contribution in [0.25, 0.3) is 0 Å². The molecule has 0 radical (unpaired) electrons. The van der Waals surface area contributed by atoms with Gasteiger partial charge in [-0.1, -0.05) is 84.9 Å². The van der Waals surface area contributed by atoms with E-state index < -0.39 is 11.9 Å². The van der Waals surface area contributed by atoms with Gasteiger partial charge in [-0.2, -0.15) is 0 Å². The van der Waals surface area contributed by atoms with Crippen LogP contribution >= 0.6 is 0 Å². The Balaban J connectivity index is 0.000000201. The number of aromatic hydroxyl groups is 1. The molecule has 6 heteroatoms. The van der Waals surface area contributed by atoms with E-state index in [1.54, 1.807) is 42.5 Å². The fourth-order valence-electron chi connectivity index (χ4n) is 3.32. The lowest BCUT2D eigenvalue weighted by Gasteiger charge is -2.08. The Kier molecular flexibility index (Phi) is 10.1. The van der Waals surface area contributed by atoms with Crippen LogP contribution in [-0.2, 0) is 17.6 Å². The molecule has 0 fully saturated rings. The van der Waals surface area contributed by atoms with Crippen molar-refractivity contribution in [3.63, 3.8) is 0 Å². The van der Waals surface area contributed by atoms with Gasteiger partial charge in [0.15, 0.2) is 0 Å². The molecule has 0 heterocycles. The van der Waals surface area contributed by atoms with Crippen molar-refractivity contribution in [1.82, 2.24) is 0 Å². The molecule has 0 aliphatic carbocycles. The molecule has 0 aliphatic heterocycles. The molecule has 2 N–H and O–H groups in total. The molecule has 4 aromatic carbocycles. The van der Waals surface area contributed by atoms with Gasteiger partial charge in [0, 0.05) is 12.8 Å². The van der Waals surface area contributed by atoms with Crippen molar-refractivity contribution in [2.75, 3.05) is 13.2 Å². The summed E-state index contributed by atoms with van der Waals surface area (Å²) in [6.07, 6.45) is 1.43. The quantitative estimate of drug-likeness (QED) is 0.292. The molecular formula is C30H28O6. The molecule has 36 heavy (non-hydrogen) atoms. The maximum atomic E-state index is 11.7. The van der Waals surface area contributed by atoms with Gasteiger partial charge in [-0.15, -0.1) is 0 Å². The lowest BCUT2D eigenvalue weighted by molar-refractivity contribution is 0.0505. The van der Waals surface area contributed by atoms with Crippen molar-refractivity contribution < 1.29 is 29.3 Å². The Hall–Kier alpha value is -4.58. The van der Waals surface area contributed by atoms with Crippen molar-refractivity contribution >= 4 is 11.9 Å². The number of benzene rings is 4. The van der Waals surface area contributed by atoms with Crippen LogP contribution in [0.5, 0.6) is 11.5 Å². The number of carboxylic acid groups (broad SMARTS) is 1. The summed E-state index contributed by atoms with van der Waals surface area (Å²) in [5.74, 6) is -1.10. The molecule has 0 amide bonds. The van der Waals surface area contributed by atoms with Gasteiger partial charge >= 0.3 is 11.9 Å². The molecule has 0 aliphatic rings. The summed E-state index contributed by atoms with van der Waals surface area (Å²) >= 11 is 0. The second kappa shape index (κ2) is 14.0. The first-order valence-electron chi connectivity index (χ1n) is 11.5. The third-order valence-corrected chi connectivity index (χ3v) is 5.20. The Morgan fingerprint density at radius 2 is 1.11 bits per heavy atom. The second-order valence-electron chi connectivity index (χ2n) is 7.77. The number of rotatable bonds is 9. The number of hydrogen-bond donors (Lipinski definition) is 2. The van der Waals surface area contributed by atoms with Gasteiger partial charge in [-0.05, 0) is 35.4 Å². The summed E-state index contributed by atoms with van der Waals surface area (Å²) in [4.78, 5) is 22.6. The molecule has 0 spiro atoms. The summed E-state index contributed by atoms with van der Waals surface area (Å²) in [6.45, 7) is 0.769. The molecule has 0 unspecified atom stereocenters. The normalized spacial score (nSPS) is 10.0. The highest BCUT2D eigenvalue weighted by Gasteiger charge is 2.11. The Morgan fingerprint density at radius 3 is 1.69 bits per heavy atom. The van der Waals surface area contributed by atoms with E-state index in [1.165, 1.54) is 11.6 Å². The van der Waals surface area contributed by atoms with E-state index in [9.17, 15) is 14.7 Å². The van der Waals surface area contributed by atoms with Gasteiger partial charge in [0.1, 0.15) is 22.6 Å². The van der Waals surface area contributed by atoms with E-state index >= 15 is 0 Å².